The number of nitrogens with zero attached hydrogens (tertiary/aromatic N) is 1. The van der Waals surface area contributed by atoms with Crippen molar-refractivity contribution in [2.75, 3.05) is 13.1 Å². The van der Waals surface area contributed by atoms with Crippen molar-refractivity contribution in [3.63, 3.8) is 0 Å². The molecule has 2 N–H and O–H groups in total. The van der Waals surface area contributed by atoms with Gasteiger partial charge in [0.2, 0.25) is 0 Å². The summed E-state index contributed by atoms with van der Waals surface area (Å²) in [5, 5.41) is 18.6. The molecule has 3 heteroatoms. The van der Waals surface area contributed by atoms with Crippen LogP contribution in [0.3, 0.4) is 0 Å². The molecule has 0 aliphatic heterocycles. The van der Waals surface area contributed by atoms with Crippen LogP contribution in [0.4, 0.5) is 0 Å². The Morgan fingerprint density at radius 1 is 1.00 bits per heavy atom. The minimum absolute atomic E-state index is 0.372. The Kier molecular flexibility index (Phi) is 5.81. The first-order valence-corrected chi connectivity index (χ1v) is 5.09. The monoisotopic (exact) mass is 201 g/mol. The first-order valence-electron chi connectivity index (χ1n) is 5.09. The van der Waals surface area contributed by atoms with Crippen molar-refractivity contribution in [3.05, 3.63) is 11.3 Å². The third-order valence-electron chi connectivity index (χ3n) is 2.17. The van der Waals surface area contributed by atoms with Crippen LogP contribution in [0.2, 0.25) is 0 Å². The largest absolute Gasteiger partial charge is 0.392 e. The van der Waals surface area contributed by atoms with E-state index >= 15 is 0 Å². The van der Waals surface area contributed by atoms with Crippen LogP contribution >= 0.6 is 0 Å². The topological polar surface area (TPSA) is 43.7 Å². The summed E-state index contributed by atoms with van der Waals surface area (Å²) in [5.74, 6) is 0. The Bertz CT molecular complexity index is 183. The molecule has 0 bridgehead atoms. The van der Waals surface area contributed by atoms with Gasteiger partial charge in [-0.2, -0.15) is 0 Å². The smallest absolute Gasteiger partial charge is 0.0686 e. The maximum Gasteiger partial charge on any atom is 0.0686 e. The molecule has 0 saturated heterocycles. The lowest BCUT2D eigenvalue weighted by molar-refractivity contribution is 0.102. The molecule has 0 aromatic rings. The van der Waals surface area contributed by atoms with Gasteiger partial charge >= 0.3 is 0 Å². The summed E-state index contributed by atoms with van der Waals surface area (Å²) >= 11 is 0. The van der Waals surface area contributed by atoms with Crippen LogP contribution in [0.15, 0.2) is 11.3 Å². The highest BCUT2D eigenvalue weighted by atomic mass is 16.3. The summed E-state index contributed by atoms with van der Waals surface area (Å²) in [4.78, 5) is 2.02. The zero-order chi connectivity index (χ0) is 11.3. The van der Waals surface area contributed by atoms with Crippen LogP contribution in [0, 0.1) is 0 Å². The Morgan fingerprint density at radius 3 is 1.57 bits per heavy atom. The van der Waals surface area contributed by atoms with Crippen molar-refractivity contribution >= 4 is 0 Å². The number of aliphatic hydroxyl groups is 2. The molecule has 0 fully saturated rings. The minimum atomic E-state index is -0.372. The molecule has 0 aliphatic carbocycles. The maximum absolute atomic E-state index is 9.32. The Labute approximate surface area is 87.0 Å². The molecule has 0 spiro atoms. The van der Waals surface area contributed by atoms with E-state index in [0.29, 0.717) is 13.1 Å². The Balaban J connectivity index is 4.47. The summed E-state index contributed by atoms with van der Waals surface area (Å²) in [6.45, 7) is 10.7. The number of allylic oxidation sites excluding steroid dienone is 2. The van der Waals surface area contributed by atoms with Gasteiger partial charge in [0.15, 0.2) is 0 Å². The molecule has 0 heterocycles. The highest BCUT2D eigenvalue weighted by Gasteiger charge is 2.11. The normalized spacial score (nSPS) is 14.8. The predicted octanol–water partition coefficient (Wildman–Crippen LogP) is 1.36. The molecular weight excluding hydrogens is 178 g/mol. The van der Waals surface area contributed by atoms with Gasteiger partial charge in [-0.1, -0.05) is 5.57 Å². The highest BCUT2D eigenvalue weighted by Crippen LogP contribution is 2.10. The molecule has 0 aliphatic rings. The first-order chi connectivity index (χ1) is 6.34. The van der Waals surface area contributed by atoms with Crippen LogP contribution in [-0.4, -0.2) is 40.4 Å². The molecule has 0 aromatic carbocycles. The SMILES string of the molecule is CC(C)=C(C)N(CC(C)O)CC(C)O. The van der Waals surface area contributed by atoms with E-state index in [-0.39, 0.29) is 12.2 Å². The van der Waals surface area contributed by atoms with E-state index in [1.165, 1.54) is 5.57 Å². The summed E-state index contributed by atoms with van der Waals surface area (Å²) in [6.07, 6.45) is -0.744. The van der Waals surface area contributed by atoms with E-state index in [2.05, 4.69) is 0 Å². The van der Waals surface area contributed by atoms with Crippen LogP contribution in [0.1, 0.15) is 34.6 Å². The van der Waals surface area contributed by atoms with Crippen molar-refractivity contribution in [2.24, 2.45) is 0 Å². The van der Waals surface area contributed by atoms with E-state index in [1.54, 1.807) is 13.8 Å². The van der Waals surface area contributed by atoms with E-state index in [1.807, 2.05) is 25.7 Å². The Morgan fingerprint density at radius 2 is 1.36 bits per heavy atom. The molecule has 0 saturated carbocycles. The van der Waals surface area contributed by atoms with Crippen LogP contribution < -0.4 is 0 Å². The van der Waals surface area contributed by atoms with Gasteiger partial charge in [-0.05, 0) is 34.6 Å². The van der Waals surface area contributed by atoms with Crippen LogP contribution in [-0.2, 0) is 0 Å². The van der Waals surface area contributed by atoms with Crippen molar-refractivity contribution in [1.82, 2.24) is 4.90 Å². The average molecular weight is 201 g/mol. The van der Waals surface area contributed by atoms with E-state index in [0.717, 1.165) is 5.70 Å². The molecule has 2 atom stereocenters. The molecular formula is C11H23NO2. The molecule has 0 amide bonds. The molecule has 0 rings (SSSR count). The minimum Gasteiger partial charge on any atom is -0.392 e. The summed E-state index contributed by atoms with van der Waals surface area (Å²) in [7, 11) is 0. The van der Waals surface area contributed by atoms with Gasteiger partial charge in [-0.3, -0.25) is 0 Å². The van der Waals surface area contributed by atoms with Gasteiger partial charge in [0, 0.05) is 18.8 Å². The molecule has 3 nitrogen and oxygen atoms in total. The predicted molar refractivity (Wildman–Crippen MR) is 59.0 cm³/mol. The third-order valence-corrected chi connectivity index (χ3v) is 2.17. The molecule has 0 radical (unpaired) electrons. The quantitative estimate of drug-likeness (QED) is 0.706. The van der Waals surface area contributed by atoms with Gasteiger partial charge in [-0.15, -0.1) is 0 Å². The fraction of sp³-hybridized carbons (Fsp3) is 0.818. The van der Waals surface area contributed by atoms with Gasteiger partial charge in [0.05, 0.1) is 12.2 Å². The fourth-order valence-electron chi connectivity index (χ4n) is 1.30. The van der Waals surface area contributed by atoms with Gasteiger partial charge < -0.3 is 15.1 Å². The second-order valence-electron chi connectivity index (χ2n) is 4.19. The second kappa shape index (κ2) is 6.04. The summed E-state index contributed by atoms with van der Waals surface area (Å²) < 4.78 is 0. The third kappa shape index (κ3) is 5.25. The summed E-state index contributed by atoms with van der Waals surface area (Å²) in [6, 6.07) is 0. The van der Waals surface area contributed by atoms with E-state index < -0.39 is 0 Å². The number of rotatable bonds is 5. The lowest BCUT2D eigenvalue weighted by Crippen LogP contribution is -2.35. The molecule has 0 aromatic heterocycles. The number of aliphatic hydroxyl groups excluding tert-OH is 2. The lowest BCUT2D eigenvalue weighted by atomic mass is 10.2. The highest BCUT2D eigenvalue weighted by molar-refractivity contribution is 5.06. The number of hydrogen-bond acceptors (Lipinski definition) is 3. The Hall–Kier alpha value is -0.540. The van der Waals surface area contributed by atoms with Crippen molar-refractivity contribution in [3.8, 4) is 0 Å². The average Bonchev–Trinajstić information content (AvgIpc) is 1.99. The summed E-state index contributed by atoms with van der Waals surface area (Å²) in [5.41, 5.74) is 2.35. The van der Waals surface area contributed by atoms with Crippen molar-refractivity contribution in [1.29, 1.82) is 0 Å². The fourth-order valence-corrected chi connectivity index (χ4v) is 1.30. The molecule has 84 valence electrons. The maximum atomic E-state index is 9.32. The molecule has 14 heavy (non-hydrogen) atoms. The standard InChI is InChI=1S/C11H23NO2/c1-8(2)11(5)12(6-9(3)13)7-10(4)14/h9-10,13-14H,6-7H2,1-5H3. The lowest BCUT2D eigenvalue weighted by Gasteiger charge is -2.29. The second-order valence-corrected chi connectivity index (χ2v) is 4.19. The van der Waals surface area contributed by atoms with Gasteiger partial charge in [0.25, 0.3) is 0 Å². The van der Waals surface area contributed by atoms with Crippen molar-refractivity contribution in [2.45, 2.75) is 46.8 Å². The van der Waals surface area contributed by atoms with Gasteiger partial charge in [0.1, 0.15) is 0 Å². The van der Waals surface area contributed by atoms with E-state index in [9.17, 15) is 10.2 Å². The van der Waals surface area contributed by atoms with Crippen LogP contribution in [0.25, 0.3) is 0 Å². The van der Waals surface area contributed by atoms with Gasteiger partial charge in [-0.25, -0.2) is 0 Å². The molecule has 2 unspecified atom stereocenters. The zero-order valence-corrected chi connectivity index (χ0v) is 9.91. The van der Waals surface area contributed by atoms with Crippen LogP contribution in [0.5, 0.6) is 0 Å². The zero-order valence-electron chi connectivity index (χ0n) is 9.91. The first kappa shape index (κ1) is 13.5. The van der Waals surface area contributed by atoms with Crippen molar-refractivity contribution < 1.29 is 10.2 Å². The van der Waals surface area contributed by atoms with E-state index in [4.69, 9.17) is 0 Å². The number of hydrogen-bond donors (Lipinski definition) is 2.